The molecule has 0 aliphatic rings. The van der Waals surface area contributed by atoms with Gasteiger partial charge in [0, 0.05) is 26.7 Å². The first-order valence-corrected chi connectivity index (χ1v) is 6.57. The maximum atomic E-state index is 5.01. The molecule has 0 aromatic rings. The van der Waals surface area contributed by atoms with Crippen LogP contribution in [0.3, 0.4) is 0 Å². The van der Waals surface area contributed by atoms with Crippen LogP contribution in [0.2, 0.25) is 0 Å². The van der Waals surface area contributed by atoms with Crippen molar-refractivity contribution in [3.63, 3.8) is 0 Å². The highest BCUT2D eigenvalue weighted by Crippen LogP contribution is 1.92. The Balaban J connectivity index is 3.02. The number of methoxy groups -OCH3 is 1. The predicted molar refractivity (Wildman–Crippen MR) is 65.2 cm³/mol. The summed E-state index contributed by atoms with van der Waals surface area (Å²) in [5.41, 5.74) is 0. The molecule has 0 aliphatic heterocycles. The first-order chi connectivity index (χ1) is 6.81. The number of ether oxygens (including phenoxy) is 1. The van der Waals surface area contributed by atoms with Gasteiger partial charge in [-0.3, -0.25) is 0 Å². The molecule has 0 aromatic carbocycles. The number of nitrogens with one attached hydrogen (secondary N) is 1. The second-order valence-corrected chi connectivity index (χ2v) is 4.38. The van der Waals surface area contributed by atoms with Crippen LogP contribution in [-0.2, 0) is 4.74 Å². The Hall–Kier alpha value is 0.230. The van der Waals surface area contributed by atoms with E-state index in [1.54, 1.807) is 7.11 Å². The van der Waals surface area contributed by atoms with Crippen LogP contribution < -0.4 is 5.32 Å². The second kappa shape index (κ2) is 11.3. The third kappa shape index (κ3) is 10.3. The van der Waals surface area contributed by atoms with E-state index in [4.69, 9.17) is 4.74 Å². The van der Waals surface area contributed by atoms with Crippen molar-refractivity contribution >= 4 is 11.8 Å². The van der Waals surface area contributed by atoms with Crippen molar-refractivity contribution in [2.45, 2.75) is 6.42 Å². The van der Waals surface area contributed by atoms with Crippen LogP contribution in [0.1, 0.15) is 6.42 Å². The molecule has 0 aliphatic carbocycles. The van der Waals surface area contributed by atoms with Gasteiger partial charge >= 0.3 is 0 Å². The van der Waals surface area contributed by atoms with Gasteiger partial charge in [0.2, 0.25) is 0 Å². The lowest BCUT2D eigenvalue weighted by atomic mass is 10.4. The molecule has 3 nitrogen and oxygen atoms in total. The Morgan fingerprint density at radius 3 is 2.71 bits per heavy atom. The molecular formula is C10H24N2OS. The van der Waals surface area contributed by atoms with Crippen molar-refractivity contribution in [2.75, 3.05) is 59.0 Å². The standard InChI is InChI=1S/C10H24N2OS/c1-12(8-9-13-2)7-6-11-5-4-10-14-3/h11H,4-10H2,1-3H3. The Bertz CT molecular complexity index is 114. The molecule has 0 rings (SSSR count). The number of thioether (sulfide) groups is 1. The average molecular weight is 220 g/mol. The molecule has 0 heterocycles. The van der Waals surface area contributed by atoms with Crippen molar-refractivity contribution < 1.29 is 4.74 Å². The molecule has 0 unspecified atom stereocenters. The molecule has 0 fully saturated rings. The molecule has 0 aromatic heterocycles. The minimum absolute atomic E-state index is 0.822. The quantitative estimate of drug-likeness (QED) is 0.553. The molecule has 0 bridgehead atoms. The second-order valence-electron chi connectivity index (χ2n) is 3.39. The Morgan fingerprint density at radius 1 is 1.29 bits per heavy atom. The van der Waals surface area contributed by atoms with Crippen molar-refractivity contribution in [2.24, 2.45) is 0 Å². The van der Waals surface area contributed by atoms with Gasteiger partial charge in [0.1, 0.15) is 0 Å². The zero-order valence-electron chi connectivity index (χ0n) is 9.71. The van der Waals surface area contributed by atoms with Gasteiger partial charge in [-0.2, -0.15) is 11.8 Å². The van der Waals surface area contributed by atoms with Crippen molar-refractivity contribution in [1.29, 1.82) is 0 Å². The summed E-state index contributed by atoms with van der Waals surface area (Å²) in [6.07, 6.45) is 3.42. The summed E-state index contributed by atoms with van der Waals surface area (Å²) in [5, 5.41) is 3.43. The molecule has 86 valence electrons. The number of hydrogen-bond donors (Lipinski definition) is 1. The fourth-order valence-corrected chi connectivity index (χ4v) is 1.53. The molecule has 0 radical (unpaired) electrons. The van der Waals surface area contributed by atoms with E-state index in [9.17, 15) is 0 Å². The Labute approximate surface area is 92.6 Å². The minimum atomic E-state index is 0.822. The summed E-state index contributed by atoms with van der Waals surface area (Å²) < 4.78 is 5.01. The summed E-state index contributed by atoms with van der Waals surface area (Å²) >= 11 is 1.91. The van der Waals surface area contributed by atoms with Gasteiger partial charge in [-0.1, -0.05) is 0 Å². The topological polar surface area (TPSA) is 24.5 Å². The molecule has 0 spiro atoms. The summed E-state index contributed by atoms with van der Waals surface area (Å²) in [7, 11) is 3.87. The van der Waals surface area contributed by atoms with Crippen molar-refractivity contribution in [3.05, 3.63) is 0 Å². The van der Waals surface area contributed by atoms with Gasteiger partial charge in [0.05, 0.1) is 6.61 Å². The predicted octanol–water partition coefficient (Wildman–Crippen LogP) is 0.907. The van der Waals surface area contributed by atoms with Gasteiger partial charge in [0.15, 0.2) is 0 Å². The zero-order chi connectivity index (χ0) is 10.6. The number of rotatable bonds is 10. The van der Waals surface area contributed by atoms with Gasteiger partial charge < -0.3 is 15.0 Å². The summed E-state index contributed by atoms with van der Waals surface area (Å²) in [5.74, 6) is 1.26. The third-order valence-electron chi connectivity index (χ3n) is 2.05. The van der Waals surface area contributed by atoms with E-state index in [0.29, 0.717) is 0 Å². The van der Waals surface area contributed by atoms with Gasteiger partial charge in [0.25, 0.3) is 0 Å². The SMILES string of the molecule is COCCN(C)CCNCCCSC. The zero-order valence-corrected chi connectivity index (χ0v) is 10.5. The molecule has 4 heteroatoms. The monoisotopic (exact) mass is 220 g/mol. The number of hydrogen-bond acceptors (Lipinski definition) is 4. The first-order valence-electron chi connectivity index (χ1n) is 5.18. The molecule has 0 saturated heterocycles. The highest BCUT2D eigenvalue weighted by molar-refractivity contribution is 7.98. The van der Waals surface area contributed by atoms with E-state index in [0.717, 1.165) is 32.8 Å². The highest BCUT2D eigenvalue weighted by atomic mass is 32.2. The summed E-state index contributed by atoms with van der Waals surface area (Å²) in [6.45, 7) is 5.15. The first kappa shape index (κ1) is 14.2. The normalized spacial score (nSPS) is 11.1. The lowest BCUT2D eigenvalue weighted by molar-refractivity contribution is 0.161. The van der Waals surface area contributed by atoms with Gasteiger partial charge in [-0.25, -0.2) is 0 Å². The maximum absolute atomic E-state index is 5.01. The van der Waals surface area contributed by atoms with E-state index >= 15 is 0 Å². The van der Waals surface area contributed by atoms with E-state index in [1.807, 2.05) is 11.8 Å². The molecule has 0 amide bonds. The fourth-order valence-electron chi connectivity index (χ4n) is 1.10. The van der Waals surface area contributed by atoms with Crippen LogP contribution in [0, 0.1) is 0 Å². The highest BCUT2D eigenvalue weighted by Gasteiger charge is 1.96. The van der Waals surface area contributed by atoms with Crippen LogP contribution in [0.4, 0.5) is 0 Å². The van der Waals surface area contributed by atoms with Crippen LogP contribution in [0.15, 0.2) is 0 Å². The van der Waals surface area contributed by atoms with E-state index in [1.165, 1.54) is 12.2 Å². The summed E-state index contributed by atoms with van der Waals surface area (Å²) in [6, 6.07) is 0. The largest absolute Gasteiger partial charge is 0.383 e. The van der Waals surface area contributed by atoms with Crippen LogP contribution in [0.5, 0.6) is 0 Å². The average Bonchev–Trinajstić information content (AvgIpc) is 2.20. The van der Waals surface area contributed by atoms with E-state index < -0.39 is 0 Å². The maximum Gasteiger partial charge on any atom is 0.0589 e. The van der Waals surface area contributed by atoms with Gasteiger partial charge in [-0.05, 0) is 32.0 Å². The Kier molecular flexibility index (Phi) is 11.5. The van der Waals surface area contributed by atoms with Gasteiger partial charge in [-0.15, -0.1) is 0 Å². The third-order valence-corrected chi connectivity index (χ3v) is 2.75. The van der Waals surface area contributed by atoms with Crippen LogP contribution >= 0.6 is 11.8 Å². The fraction of sp³-hybridized carbons (Fsp3) is 1.00. The van der Waals surface area contributed by atoms with Crippen molar-refractivity contribution in [3.8, 4) is 0 Å². The van der Waals surface area contributed by atoms with Crippen molar-refractivity contribution in [1.82, 2.24) is 10.2 Å². The lowest BCUT2D eigenvalue weighted by Gasteiger charge is -2.15. The molecule has 1 N–H and O–H groups in total. The van der Waals surface area contributed by atoms with Crippen LogP contribution in [-0.4, -0.2) is 63.9 Å². The van der Waals surface area contributed by atoms with E-state index in [2.05, 4.69) is 23.5 Å². The van der Waals surface area contributed by atoms with Crippen LogP contribution in [0.25, 0.3) is 0 Å². The molecule has 0 atom stereocenters. The number of likely N-dealkylation sites (N-methyl/N-ethyl adjacent to an activating group) is 1. The summed E-state index contributed by atoms with van der Waals surface area (Å²) in [4.78, 5) is 2.28. The molecule has 0 saturated carbocycles. The smallest absolute Gasteiger partial charge is 0.0589 e. The van der Waals surface area contributed by atoms with E-state index in [-0.39, 0.29) is 0 Å². The molecule has 14 heavy (non-hydrogen) atoms. The number of nitrogens with zero attached hydrogens (tertiary/aromatic N) is 1. The lowest BCUT2D eigenvalue weighted by Crippen LogP contribution is -2.31. The molecular weight excluding hydrogens is 196 g/mol. The Morgan fingerprint density at radius 2 is 2.07 bits per heavy atom. The minimum Gasteiger partial charge on any atom is -0.383 e.